The van der Waals surface area contributed by atoms with Crippen molar-refractivity contribution in [3.05, 3.63) is 34.4 Å². The SMILES string of the molecule is CCc1c(C)ccc(C(C)C)c1CC. The zero-order valence-corrected chi connectivity index (χ0v) is 10.1. The third kappa shape index (κ3) is 2.00. The van der Waals surface area contributed by atoms with Crippen LogP contribution in [0.5, 0.6) is 0 Å². The van der Waals surface area contributed by atoms with E-state index in [-0.39, 0.29) is 0 Å². The van der Waals surface area contributed by atoms with Crippen LogP contribution in [0.2, 0.25) is 0 Å². The van der Waals surface area contributed by atoms with Crippen LogP contribution in [0.3, 0.4) is 0 Å². The van der Waals surface area contributed by atoms with Gasteiger partial charge in [-0.15, -0.1) is 0 Å². The third-order valence-corrected chi connectivity index (χ3v) is 3.03. The first-order valence-electron chi connectivity index (χ1n) is 5.73. The van der Waals surface area contributed by atoms with Crippen molar-refractivity contribution < 1.29 is 0 Å². The fourth-order valence-corrected chi connectivity index (χ4v) is 2.28. The van der Waals surface area contributed by atoms with Gasteiger partial charge in [-0.05, 0) is 47.9 Å². The van der Waals surface area contributed by atoms with Gasteiger partial charge in [0.2, 0.25) is 0 Å². The highest BCUT2D eigenvalue weighted by Crippen LogP contribution is 2.26. The normalized spacial score (nSPS) is 11.0. The van der Waals surface area contributed by atoms with Gasteiger partial charge in [0.25, 0.3) is 0 Å². The van der Waals surface area contributed by atoms with E-state index in [9.17, 15) is 0 Å². The van der Waals surface area contributed by atoms with E-state index in [1.807, 2.05) is 0 Å². The van der Waals surface area contributed by atoms with Crippen molar-refractivity contribution in [2.75, 3.05) is 0 Å². The molecule has 0 aliphatic carbocycles. The molecule has 0 nitrogen and oxygen atoms in total. The molecule has 0 radical (unpaired) electrons. The molecule has 0 heteroatoms. The molecule has 0 atom stereocenters. The lowest BCUT2D eigenvalue weighted by Gasteiger charge is -2.17. The van der Waals surface area contributed by atoms with Crippen LogP contribution in [0.4, 0.5) is 0 Å². The first-order valence-corrected chi connectivity index (χ1v) is 5.73. The molecule has 1 rings (SSSR count). The Bertz CT molecular complexity index is 308. The minimum Gasteiger partial charge on any atom is -0.0613 e. The van der Waals surface area contributed by atoms with Crippen LogP contribution in [-0.2, 0) is 12.8 Å². The van der Waals surface area contributed by atoms with Crippen LogP contribution in [0.15, 0.2) is 12.1 Å². The average molecular weight is 190 g/mol. The van der Waals surface area contributed by atoms with Crippen molar-refractivity contribution in [1.82, 2.24) is 0 Å². The zero-order valence-electron chi connectivity index (χ0n) is 10.1. The Labute approximate surface area is 88.4 Å². The summed E-state index contributed by atoms with van der Waals surface area (Å²) in [5, 5.41) is 0. The molecule has 0 amide bonds. The summed E-state index contributed by atoms with van der Waals surface area (Å²) in [7, 11) is 0. The van der Waals surface area contributed by atoms with Crippen molar-refractivity contribution in [1.29, 1.82) is 0 Å². The maximum Gasteiger partial charge on any atom is -0.0216 e. The third-order valence-electron chi connectivity index (χ3n) is 3.03. The van der Waals surface area contributed by atoms with Crippen molar-refractivity contribution in [3.63, 3.8) is 0 Å². The van der Waals surface area contributed by atoms with Gasteiger partial charge in [0, 0.05) is 0 Å². The largest absolute Gasteiger partial charge is 0.0613 e. The summed E-state index contributed by atoms with van der Waals surface area (Å²) in [4.78, 5) is 0. The zero-order chi connectivity index (χ0) is 10.7. The Hall–Kier alpha value is -0.780. The Morgan fingerprint density at radius 1 is 1.00 bits per heavy atom. The quantitative estimate of drug-likeness (QED) is 0.668. The lowest BCUT2D eigenvalue weighted by atomic mass is 9.88. The molecular formula is C14H22. The maximum absolute atomic E-state index is 2.30. The summed E-state index contributed by atoms with van der Waals surface area (Å²) in [5.74, 6) is 0.649. The lowest BCUT2D eigenvalue weighted by molar-refractivity contribution is 0.832. The highest BCUT2D eigenvalue weighted by atomic mass is 14.2. The first kappa shape index (κ1) is 11.3. The van der Waals surface area contributed by atoms with Gasteiger partial charge in [-0.2, -0.15) is 0 Å². The van der Waals surface area contributed by atoms with Gasteiger partial charge in [0.15, 0.2) is 0 Å². The molecule has 0 saturated carbocycles. The second-order valence-electron chi connectivity index (χ2n) is 4.29. The molecule has 0 aliphatic heterocycles. The van der Waals surface area contributed by atoms with E-state index in [4.69, 9.17) is 0 Å². The predicted octanol–water partition coefficient (Wildman–Crippen LogP) is 4.24. The monoisotopic (exact) mass is 190 g/mol. The van der Waals surface area contributed by atoms with Crippen molar-refractivity contribution in [2.24, 2.45) is 0 Å². The smallest absolute Gasteiger partial charge is 0.0216 e. The highest BCUT2D eigenvalue weighted by Gasteiger charge is 2.10. The lowest BCUT2D eigenvalue weighted by Crippen LogP contribution is -2.02. The fourth-order valence-electron chi connectivity index (χ4n) is 2.28. The number of rotatable bonds is 3. The molecule has 0 saturated heterocycles. The average Bonchev–Trinajstić information content (AvgIpc) is 2.16. The Balaban J connectivity index is 3.33. The minimum atomic E-state index is 0.649. The van der Waals surface area contributed by atoms with Crippen LogP contribution in [0.1, 0.15) is 55.9 Å². The first-order chi connectivity index (χ1) is 6.61. The van der Waals surface area contributed by atoms with Crippen molar-refractivity contribution in [2.45, 2.75) is 53.4 Å². The summed E-state index contributed by atoms with van der Waals surface area (Å²) in [5.41, 5.74) is 6.14. The standard InChI is InChI=1S/C14H22/c1-6-12-11(5)8-9-14(10(3)4)13(12)7-2/h8-10H,6-7H2,1-5H3. The molecule has 1 aromatic rings. The van der Waals surface area contributed by atoms with E-state index < -0.39 is 0 Å². The Kier molecular flexibility index (Phi) is 3.74. The summed E-state index contributed by atoms with van der Waals surface area (Å²) in [6.45, 7) is 11.3. The molecule has 0 fully saturated rings. The molecule has 0 spiro atoms. The van der Waals surface area contributed by atoms with Gasteiger partial charge in [0.1, 0.15) is 0 Å². The topological polar surface area (TPSA) is 0 Å². The van der Waals surface area contributed by atoms with E-state index in [0.29, 0.717) is 5.92 Å². The van der Waals surface area contributed by atoms with Crippen molar-refractivity contribution >= 4 is 0 Å². The van der Waals surface area contributed by atoms with Gasteiger partial charge in [-0.1, -0.05) is 39.8 Å². The Morgan fingerprint density at radius 3 is 2.00 bits per heavy atom. The van der Waals surface area contributed by atoms with Gasteiger partial charge >= 0.3 is 0 Å². The molecule has 1 aromatic carbocycles. The number of hydrogen-bond acceptors (Lipinski definition) is 0. The molecule has 0 unspecified atom stereocenters. The van der Waals surface area contributed by atoms with Gasteiger partial charge in [0.05, 0.1) is 0 Å². The highest BCUT2D eigenvalue weighted by molar-refractivity contribution is 5.42. The predicted molar refractivity (Wildman–Crippen MR) is 64.0 cm³/mol. The number of hydrogen-bond donors (Lipinski definition) is 0. The number of aryl methyl sites for hydroxylation is 1. The maximum atomic E-state index is 2.30. The van der Waals surface area contributed by atoms with E-state index in [0.717, 1.165) is 6.42 Å². The minimum absolute atomic E-state index is 0.649. The molecular weight excluding hydrogens is 168 g/mol. The van der Waals surface area contributed by atoms with E-state index in [1.54, 1.807) is 11.1 Å². The second-order valence-corrected chi connectivity index (χ2v) is 4.29. The van der Waals surface area contributed by atoms with Crippen LogP contribution >= 0.6 is 0 Å². The van der Waals surface area contributed by atoms with Crippen LogP contribution < -0.4 is 0 Å². The molecule has 0 N–H and O–H groups in total. The number of benzene rings is 1. The van der Waals surface area contributed by atoms with Crippen LogP contribution in [0.25, 0.3) is 0 Å². The van der Waals surface area contributed by atoms with E-state index in [2.05, 4.69) is 46.8 Å². The summed E-state index contributed by atoms with van der Waals surface area (Å²) in [6.07, 6.45) is 2.33. The Morgan fingerprint density at radius 2 is 1.57 bits per heavy atom. The summed E-state index contributed by atoms with van der Waals surface area (Å²) >= 11 is 0. The van der Waals surface area contributed by atoms with Crippen LogP contribution in [-0.4, -0.2) is 0 Å². The van der Waals surface area contributed by atoms with Crippen LogP contribution in [0, 0.1) is 6.92 Å². The molecule has 78 valence electrons. The van der Waals surface area contributed by atoms with Gasteiger partial charge in [-0.25, -0.2) is 0 Å². The molecule has 0 aliphatic rings. The molecule has 14 heavy (non-hydrogen) atoms. The second kappa shape index (κ2) is 4.63. The van der Waals surface area contributed by atoms with Gasteiger partial charge < -0.3 is 0 Å². The van der Waals surface area contributed by atoms with Crippen molar-refractivity contribution in [3.8, 4) is 0 Å². The molecule has 0 heterocycles. The van der Waals surface area contributed by atoms with Gasteiger partial charge in [-0.3, -0.25) is 0 Å². The van der Waals surface area contributed by atoms with E-state index in [1.165, 1.54) is 17.5 Å². The molecule has 0 aromatic heterocycles. The summed E-state index contributed by atoms with van der Waals surface area (Å²) in [6, 6.07) is 4.57. The fraction of sp³-hybridized carbons (Fsp3) is 0.571. The van der Waals surface area contributed by atoms with E-state index >= 15 is 0 Å². The molecule has 0 bridgehead atoms. The summed E-state index contributed by atoms with van der Waals surface area (Å²) < 4.78 is 0.